The van der Waals surface area contributed by atoms with Gasteiger partial charge in [0.15, 0.2) is 5.82 Å². The maximum Gasteiger partial charge on any atom is 0.152 e. The molecule has 16 heavy (non-hydrogen) atoms. The highest BCUT2D eigenvalue weighted by Gasteiger charge is 2.09. The second kappa shape index (κ2) is 4.36. The fourth-order valence-electron chi connectivity index (χ4n) is 1.26. The smallest absolute Gasteiger partial charge is 0.152 e. The lowest BCUT2D eigenvalue weighted by molar-refractivity contribution is 0.576. The Morgan fingerprint density at radius 1 is 1.06 bits per heavy atom. The van der Waals surface area contributed by atoms with Crippen LogP contribution in [0.3, 0.4) is 0 Å². The first-order valence-electron chi connectivity index (χ1n) is 4.26. The molecule has 1 nitrogen and oxygen atoms in total. The molecule has 0 aliphatic heterocycles. The minimum Gasteiger partial charge on any atom is -0.250 e. The quantitative estimate of drug-likeness (QED) is 0.750. The predicted molar refractivity (Wildman–Crippen MR) is 58.4 cm³/mol. The van der Waals surface area contributed by atoms with Crippen LogP contribution in [0.15, 0.2) is 24.4 Å². The van der Waals surface area contributed by atoms with E-state index in [1.165, 1.54) is 12.1 Å². The molecule has 2 aromatic rings. The summed E-state index contributed by atoms with van der Waals surface area (Å²) in [5, 5.41) is 0.487. The molecule has 1 radical (unpaired) electrons. The first-order valence-corrected chi connectivity index (χ1v) is 5.01. The van der Waals surface area contributed by atoms with Crippen molar-refractivity contribution < 1.29 is 8.78 Å². The van der Waals surface area contributed by atoms with Gasteiger partial charge in [-0.15, -0.1) is 0 Å². The van der Waals surface area contributed by atoms with Gasteiger partial charge in [0, 0.05) is 17.7 Å². The Hall–Kier alpha value is -1.19. The average molecular weight is 259 g/mol. The van der Waals surface area contributed by atoms with Crippen LogP contribution in [0.25, 0.3) is 11.3 Å². The molecule has 0 amide bonds. The molecular weight excluding hydrogens is 255 g/mol. The van der Waals surface area contributed by atoms with Gasteiger partial charge in [-0.3, -0.25) is 4.98 Å². The molecule has 5 heteroatoms. The molecule has 0 saturated carbocycles. The summed E-state index contributed by atoms with van der Waals surface area (Å²) in [5.41, 5.74) is 0.380. The summed E-state index contributed by atoms with van der Waals surface area (Å²) in [4.78, 5) is 3.65. The van der Waals surface area contributed by atoms with Crippen molar-refractivity contribution in [1.82, 2.24) is 4.98 Å². The average Bonchev–Trinajstić information content (AvgIpc) is 2.15. The van der Waals surface area contributed by atoms with E-state index >= 15 is 0 Å². The lowest BCUT2D eigenvalue weighted by Crippen LogP contribution is -1.91. The van der Waals surface area contributed by atoms with Gasteiger partial charge in [-0.1, -0.05) is 23.2 Å². The summed E-state index contributed by atoms with van der Waals surface area (Å²) < 4.78 is 26.1. The molecule has 0 spiro atoms. The third-order valence-electron chi connectivity index (χ3n) is 1.88. The SMILES string of the molecule is Fc1cnc(-c2cc(Cl)[c]c(Cl)c2)c(F)c1. The number of hydrogen-bond donors (Lipinski definition) is 0. The molecule has 0 aliphatic carbocycles. The number of hydrogen-bond acceptors (Lipinski definition) is 1. The van der Waals surface area contributed by atoms with Crippen molar-refractivity contribution in [3.8, 4) is 11.3 Å². The van der Waals surface area contributed by atoms with Crippen LogP contribution in [0.2, 0.25) is 10.0 Å². The van der Waals surface area contributed by atoms with Gasteiger partial charge in [0.1, 0.15) is 11.5 Å². The van der Waals surface area contributed by atoms with E-state index in [2.05, 4.69) is 11.1 Å². The molecule has 1 aromatic heterocycles. The van der Waals surface area contributed by atoms with E-state index in [1.807, 2.05) is 0 Å². The summed E-state index contributed by atoms with van der Waals surface area (Å²) >= 11 is 11.4. The Morgan fingerprint density at radius 3 is 2.25 bits per heavy atom. The van der Waals surface area contributed by atoms with Crippen LogP contribution >= 0.6 is 23.2 Å². The Bertz CT molecular complexity index is 523. The van der Waals surface area contributed by atoms with Crippen LogP contribution in [0.1, 0.15) is 0 Å². The number of halogens is 4. The highest BCUT2D eigenvalue weighted by atomic mass is 35.5. The molecule has 0 saturated heterocycles. The molecule has 0 N–H and O–H groups in total. The first kappa shape index (κ1) is 11.3. The topological polar surface area (TPSA) is 12.9 Å². The highest BCUT2D eigenvalue weighted by Crippen LogP contribution is 2.27. The molecule has 0 fully saturated rings. The van der Waals surface area contributed by atoms with E-state index in [4.69, 9.17) is 23.2 Å². The van der Waals surface area contributed by atoms with Crippen molar-refractivity contribution in [2.75, 3.05) is 0 Å². The van der Waals surface area contributed by atoms with Crippen LogP contribution in [-0.4, -0.2) is 4.98 Å². The Kier molecular flexibility index (Phi) is 3.08. The molecule has 0 unspecified atom stereocenters. The van der Waals surface area contributed by atoms with E-state index < -0.39 is 11.6 Å². The third kappa shape index (κ3) is 2.31. The molecule has 2 rings (SSSR count). The third-order valence-corrected chi connectivity index (χ3v) is 2.29. The number of benzene rings is 1. The summed E-state index contributed by atoms with van der Waals surface area (Å²) in [6, 6.07) is 6.28. The Balaban J connectivity index is 2.58. The largest absolute Gasteiger partial charge is 0.250 e. The molecule has 0 atom stereocenters. The maximum atomic E-state index is 13.4. The number of nitrogens with zero attached hydrogens (tertiary/aromatic N) is 1. The van der Waals surface area contributed by atoms with E-state index in [1.54, 1.807) is 0 Å². The summed E-state index contributed by atoms with van der Waals surface area (Å²) in [7, 11) is 0. The lowest BCUT2D eigenvalue weighted by Gasteiger charge is -2.03. The van der Waals surface area contributed by atoms with Gasteiger partial charge in [-0.05, 0) is 12.1 Å². The molecular formula is C11H4Cl2F2N. The second-order valence-electron chi connectivity index (χ2n) is 3.05. The minimum absolute atomic E-state index is 0.000741. The van der Waals surface area contributed by atoms with Crippen molar-refractivity contribution in [1.29, 1.82) is 0 Å². The molecule has 0 bridgehead atoms. The normalized spacial score (nSPS) is 10.5. The predicted octanol–water partition coefficient (Wildman–Crippen LogP) is 4.13. The zero-order valence-corrected chi connectivity index (χ0v) is 9.28. The van der Waals surface area contributed by atoms with Crippen LogP contribution in [0.5, 0.6) is 0 Å². The van der Waals surface area contributed by atoms with Gasteiger partial charge in [0.25, 0.3) is 0 Å². The molecule has 0 aliphatic rings. The van der Waals surface area contributed by atoms with Crippen molar-refractivity contribution in [3.05, 3.63) is 52.1 Å². The van der Waals surface area contributed by atoms with Gasteiger partial charge < -0.3 is 0 Å². The zero-order valence-electron chi connectivity index (χ0n) is 7.77. The fourth-order valence-corrected chi connectivity index (χ4v) is 1.75. The first-order chi connectivity index (χ1) is 7.56. The Morgan fingerprint density at radius 2 is 1.69 bits per heavy atom. The van der Waals surface area contributed by atoms with Gasteiger partial charge in [-0.25, -0.2) is 8.78 Å². The monoisotopic (exact) mass is 258 g/mol. The van der Waals surface area contributed by atoms with E-state index in [0.29, 0.717) is 5.56 Å². The summed E-state index contributed by atoms with van der Waals surface area (Å²) in [6.45, 7) is 0. The van der Waals surface area contributed by atoms with E-state index in [9.17, 15) is 8.78 Å². The van der Waals surface area contributed by atoms with Gasteiger partial charge in [0.05, 0.1) is 16.2 Å². The Labute approximate surface area is 101 Å². The zero-order chi connectivity index (χ0) is 11.7. The van der Waals surface area contributed by atoms with Crippen molar-refractivity contribution in [2.45, 2.75) is 0 Å². The molecule has 1 heterocycles. The standard InChI is InChI=1S/C11H4Cl2F2N/c12-7-1-6(2-8(13)3-7)11-10(15)4-9(14)5-16-11/h1-2,4-5H. The molecule has 1 aromatic carbocycles. The summed E-state index contributed by atoms with van der Waals surface area (Å²) in [5.74, 6) is -1.50. The molecule has 81 valence electrons. The number of pyridine rings is 1. The number of rotatable bonds is 1. The number of aromatic nitrogens is 1. The maximum absolute atomic E-state index is 13.4. The van der Waals surface area contributed by atoms with Crippen LogP contribution in [0.4, 0.5) is 8.78 Å². The second-order valence-corrected chi connectivity index (χ2v) is 3.86. The van der Waals surface area contributed by atoms with Crippen molar-refractivity contribution in [2.24, 2.45) is 0 Å². The van der Waals surface area contributed by atoms with Gasteiger partial charge >= 0.3 is 0 Å². The van der Waals surface area contributed by atoms with Crippen LogP contribution < -0.4 is 0 Å². The fraction of sp³-hybridized carbons (Fsp3) is 0. The minimum atomic E-state index is -0.765. The van der Waals surface area contributed by atoms with Crippen molar-refractivity contribution in [3.63, 3.8) is 0 Å². The van der Waals surface area contributed by atoms with Crippen LogP contribution in [-0.2, 0) is 0 Å². The lowest BCUT2D eigenvalue weighted by atomic mass is 10.1. The van der Waals surface area contributed by atoms with E-state index in [0.717, 1.165) is 12.3 Å². The van der Waals surface area contributed by atoms with E-state index in [-0.39, 0.29) is 15.7 Å². The van der Waals surface area contributed by atoms with Crippen molar-refractivity contribution >= 4 is 23.2 Å². The van der Waals surface area contributed by atoms with Crippen LogP contribution in [0, 0.1) is 17.7 Å². The van der Waals surface area contributed by atoms with Gasteiger partial charge in [-0.2, -0.15) is 0 Å². The van der Waals surface area contributed by atoms with Gasteiger partial charge in [0.2, 0.25) is 0 Å². The highest BCUT2D eigenvalue weighted by molar-refractivity contribution is 6.34. The summed E-state index contributed by atoms with van der Waals surface area (Å²) in [6.07, 6.45) is 0.928.